The number of aliphatic hydroxyl groups excluding tert-OH is 1. The van der Waals surface area contributed by atoms with Gasteiger partial charge in [0.15, 0.2) is 0 Å². The molecule has 162 valence electrons. The van der Waals surface area contributed by atoms with Gasteiger partial charge in [-0.05, 0) is 36.4 Å². The molecule has 0 spiro atoms. The Morgan fingerprint density at radius 2 is 1.77 bits per heavy atom. The van der Waals surface area contributed by atoms with Crippen molar-refractivity contribution in [1.82, 2.24) is 9.97 Å². The minimum atomic E-state index is -4.45. The average Bonchev–Trinajstić information content (AvgIpc) is 2.74. The molecule has 0 unspecified atom stereocenters. The van der Waals surface area contributed by atoms with Crippen LogP contribution in [0.4, 0.5) is 13.2 Å². The minimum absolute atomic E-state index is 0.0513. The van der Waals surface area contributed by atoms with Crippen molar-refractivity contribution < 1.29 is 32.5 Å². The highest BCUT2D eigenvalue weighted by molar-refractivity contribution is 5.96. The Hall–Kier alpha value is -3.66. The van der Waals surface area contributed by atoms with E-state index in [1.165, 1.54) is 36.7 Å². The number of aromatic nitrogens is 2. The average molecular weight is 433 g/mol. The summed E-state index contributed by atoms with van der Waals surface area (Å²) in [6.07, 6.45) is -1.30. The highest BCUT2D eigenvalue weighted by atomic mass is 19.4. The minimum Gasteiger partial charge on any atom is -0.493 e. The quantitative estimate of drug-likeness (QED) is 0.523. The Bertz CT molecular complexity index is 1060. The summed E-state index contributed by atoms with van der Waals surface area (Å²) in [4.78, 5) is 20.0. The van der Waals surface area contributed by atoms with Gasteiger partial charge in [-0.3, -0.25) is 4.79 Å². The summed E-state index contributed by atoms with van der Waals surface area (Å²) in [5.41, 5.74) is 5.50. The molecule has 1 heterocycles. The fourth-order valence-corrected chi connectivity index (χ4v) is 2.66. The van der Waals surface area contributed by atoms with Gasteiger partial charge in [-0.15, -0.1) is 0 Å². The maximum atomic E-state index is 12.7. The fourth-order valence-electron chi connectivity index (χ4n) is 2.66. The molecule has 0 atom stereocenters. The van der Waals surface area contributed by atoms with Crippen molar-refractivity contribution in [1.29, 1.82) is 0 Å². The number of aliphatic hydroxyl groups is 1. The van der Waals surface area contributed by atoms with E-state index in [-0.39, 0.29) is 41.9 Å². The van der Waals surface area contributed by atoms with Crippen LogP contribution in [0.5, 0.6) is 17.4 Å². The van der Waals surface area contributed by atoms with Crippen molar-refractivity contribution in [3.63, 3.8) is 0 Å². The third-order valence-corrected chi connectivity index (χ3v) is 4.14. The Morgan fingerprint density at radius 3 is 2.42 bits per heavy atom. The van der Waals surface area contributed by atoms with Crippen LogP contribution in [-0.2, 0) is 6.18 Å². The monoisotopic (exact) mass is 433 g/mol. The number of carbonyl (C=O) groups is 1. The molecule has 7 nitrogen and oxygen atoms in total. The van der Waals surface area contributed by atoms with Gasteiger partial charge in [0.25, 0.3) is 5.91 Å². The number of hydrogen-bond acceptors (Lipinski definition) is 6. The maximum absolute atomic E-state index is 12.7. The van der Waals surface area contributed by atoms with Crippen LogP contribution in [0.2, 0.25) is 0 Å². The molecule has 3 N–H and O–H groups in total. The van der Waals surface area contributed by atoms with Gasteiger partial charge >= 0.3 is 6.18 Å². The summed E-state index contributed by atoms with van der Waals surface area (Å²) in [5.74, 6) is -0.297. The van der Waals surface area contributed by atoms with Crippen LogP contribution in [0.25, 0.3) is 11.3 Å². The number of hydrogen-bond donors (Lipinski definition) is 2. The van der Waals surface area contributed by atoms with Gasteiger partial charge in [-0.1, -0.05) is 6.07 Å². The standard InChI is InChI=1S/C21H18F3N3O4/c22-21(23,24)14-3-5-15(6-4-14)31-20-18(26-8-9-27-20)13-2-7-16(19(25)29)17(12-13)30-11-1-10-28/h2-9,12,28H,1,10-11H2,(H2,25,29). The Balaban J connectivity index is 1.92. The summed E-state index contributed by atoms with van der Waals surface area (Å²) < 4.78 is 49.4. The Morgan fingerprint density at radius 1 is 1.06 bits per heavy atom. The second kappa shape index (κ2) is 9.43. The van der Waals surface area contributed by atoms with Gasteiger partial charge < -0.3 is 20.3 Å². The van der Waals surface area contributed by atoms with Crippen molar-refractivity contribution in [3.05, 3.63) is 66.0 Å². The van der Waals surface area contributed by atoms with Crippen LogP contribution in [0.15, 0.2) is 54.9 Å². The molecule has 31 heavy (non-hydrogen) atoms. The first-order chi connectivity index (χ1) is 14.8. The van der Waals surface area contributed by atoms with E-state index in [4.69, 9.17) is 20.3 Å². The molecule has 3 rings (SSSR count). The predicted octanol–water partition coefficient (Wildman–Crippen LogP) is 3.81. The highest BCUT2D eigenvalue weighted by Gasteiger charge is 2.30. The summed E-state index contributed by atoms with van der Waals surface area (Å²) in [6.45, 7) is 0.0798. The molecule has 3 aromatic rings. The van der Waals surface area contributed by atoms with Gasteiger partial charge in [0, 0.05) is 31.0 Å². The van der Waals surface area contributed by atoms with Crippen LogP contribution in [0, 0.1) is 0 Å². The molecule has 0 aliphatic carbocycles. The molecule has 0 fully saturated rings. The molecule has 0 aliphatic rings. The summed E-state index contributed by atoms with van der Waals surface area (Å²) in [6, 6.07) is 8.73. The third kappa shape index (κ3) is 5.48. The van der Waals surface area contributed by atoms with Crippen LogP contribution < -0.4 is 15.2 Å². The first-order valence-corrected chi connectivity index (χ1v) is 9.13. The number of benzene rings is 2. The highest BCUT2D eigenvalue weighted by Crippen LogP contribution is 2.34. The lowest BCUT2D eigenvalue weighted by Crippen LogP contribution is -2.13. The van der Waals surface area contributed by atoms with Crippen molar-refractivity contribution in [2.24, 2.45) is 5.73 Å². The van der Waals surface area contributed by atoms with Crippen LogP contribution in [-0.4, -0.2) is 34.2 Å². The predicted molar refractivity (Wildman–Crippen MR) is 105 cm³/mol. The summed E-state index contributed by atoms with van der Waals surface area (Å²) in [5, 5.41) is 8.92. The SMILES string of the molecule is NC(=O)c1ccc(-c2nccnc2Oc2ccc(C(F)(F)F)cc2)cc1OCCCO. The number of primary amides is 1. The zero-order valence-corrected chi connectivity index (χ0v) is 16.1. The van der Waals surface area contributed by atoms with Crippen LogP contribution >= 0.6 is 0 Å². The molecule has 0 radical (unpaired) electrons. The van der Waals surface area contributed by atoms with Gasteiger partial charge in [-0.2, -0.15) is 13.2 Å². The van der Waals surface area contributed by atoms with E-state index in [1.807, 2.05) is 0 Å². The molecule has 1 aromatic heterocycles. The van der Waals surface area contributed by atoms with E-state index in [9.17, 15) is 18.0 Å². The van der Waals surface area contributed by atoms with E-state index >= 15 is 0 Å². The van der Waals surface area contributed by atoms with Crippen molar-refractivity contribution >= 4 is 5.91 Å². The van der Waals surface area contributed by atoms with Gasteiger partial charge in [0.1, 0.15) is 17.2 Å². The van der Waals surface area contributed by atoms with Gasteiger partial charge in [-0.25, -0.2) is 9.97 Å². The molecule has 10 heteroatoms. The van der Waals surface area contributed by atoms with Crippen molar-refractivity contribution in [2.45, 2.75) is 12.6 Å². The first-order valence-electron chi connectivity index (χ1n) is 9.13. The van der Waals surface area contributed by atoms with E-state index in [1.54, 1.807) is 6.07 Å². The van der Waals surface area contributed by atoms with Crippen LogP contribution in [0.1, 0.15) is 22.3 Å². The number of nitrogens with zero attached hydrogens (tertiary/aromatic N) is 2. The Labute approximate surface area is 175 Å². The number of halogens is 3. The van der Waals surface area contributed by atoms with E-state index in [2.05, 4.69) is 9.97 Å². The molecule has 0 saturated heterocycles. The van der Waals surface area contributed by atoms with Gasteiger partial charge in [0.2, 0.25) is 5.88 Å². The number of amides is 1. The number of carbonyl (C=O) groups excluding carboxylic acids is 1. The third-order valence-electron chi connectivity index (χ3n) is 4.14. The zero-order valence-electron chi connectivity index (χ0n) is 16.1. The summed E-state index contributed by atoms with van der Waals surface area (Å²) >= 11 is 0. The largest absolute Gasteiger partial charge is 0.493 e. The number of ether oxygens (including phenoxy) is 2. The van der Waals surface area contributed by atoms with E-state index < -0.39 is 17.6 Å². The lowest BCUT2D eigenvalue weighted by atomic mass is 10.1. The summed E-state index contributed by atoms with van der Waals surface area (Å²) in [7, 11) is 0. The van der Waals surface area contributed by atoms with Crippen molar-refractivity contribution in [3.8, 4) is 28.6 Å². The topological polar surface area (TPSA) is 108 Å². The second-order valence-corrected chi connectivity index (χ2v) is 6.34. The molecule has 0 saturated carbocycles. The molecular formula is C21H18F3N3O4. The first kappa shape index (κ1) is 22.0. The normalized spacial score (nSPS) is 11.2. The Kier molecular flexibility index (Phi) is 6.71. The fraction of sp³-hybridized carbons (Fsp3) is 0.190. The van der Waals surface area contributed by atoms with Crippen LogP contribution in [0.3, 0.4) is 0 Å². The second-order valence-electron chi connectivity index (χ2n) is 6.34. The molecule has 1 amide bonds. The molecule has 0 bridgehead atoms. The van der Waals surface area contributed by atoms with E-state index in [0.29, 0.717) is 12.0 Å². The van der Waals surface area contributed by atoms with Crippen molar-refractivity contribution in [2.75, 3.05) is 13.2 Å². The maximum Gasteiger partial charge on any atom is 0.416 e. The number of nitrogens with two attached hydrogens (primary N) is 1. The molecule has 0 aliphatic heterocycles. The lowest BCUT2D eigenvalue weighted by Gasteiger charge is -2.13. The molecule has 2 aromatic carbocycles. The lowest BCUT2D eigenvalue weighted by molar-refractivity contribution is -0.137. The number of rotatable bonds is 8. The van der Waals surface area contributed by atoms with Gasteiger partial charge in [0.05, 0.1) is 17.7 Å². The molecular weight excluding hydrogens is 415 g/mol. The number of alkyl halides is 3. The zero-order chi connectivity index (χ0) is 22.4. The smallest absolute Gasteiger partial charge is 0.416 e. The van der Waals surface area contributed by atoms with E-state index in [0.717, 1.165) is 12.1 Å².